The molecule has 4 aromatic rings. The molecule has 1 saturated heterocycles. The number of aromatic nitrogens is 3. The standard InChI is InChI=1S/C22H19FN4O2/c23-17-9-8-13(16-12-27(26-21(16)17)19-7-3-4-10-29-19)22(28)15-11-25-18-6-2-1-5-14(18)20(15)24/h1-2,5-6,8-9,11-12,19H,3-4,7,10H2,(H2,24,25). The first-order valence-electron chi connectivity index (χ1n) is 9.60. The zero-order chi connectivity index (χ0) is 20.0. The molecular weight excluding hydrogens is 371 g/mol. The summed E-state index contributed by atoms with van der Waals surface area (Å²) < 4.78 is 21.8. The van der Waals surface area contributed by atoms with Crippen molar-refractivity contribution in [1.82, 2.24) is 14.8 Å². The molecule has 0 saturated carbocycles. The van der Waals surface area contributed by atoms with E-state index < -0.39 is 5.82 Å². The highest BCUT2D eigenvalue weighted by atomic mass is 19.1. The second-order valence-electron chi connectivity index (χ2n) is 7.22. The van der Waals surface area contributed by atoms with Gasteiger partial charge in [0, 0.05) is 35.3 Å². The van der Waals surface area contributed by atoms with E-state index in [1.54, 1.807) is 10.9 Å². The molecule has 6 nitrogen and oxygen atoms in total. The van der Waals surface area contributed by atoms with Crippen LogP contribution in [-0.4, -0.2) is 27.2 Å². The third-order valence-electron chi connectivity index (χ3n) is 5.40. The van der Waals surface area contributed by atoms with Crippen molar-refractivity contribution in [2.45, 2.75) is 25.5 Å². The molecule has 1 aliphatic rings. The zero-order valence-electron chi connectivity index (χ0n) is 15.6. The van der Waals surface area contributed by atoms with Gasteiger partial charge in [0.25, 0.3) is 0 Å². The van der Waals surface area contributed by atoms with Crippen molar-refractivity contribution in [2.24, 2.45) is 0 Å². The van der Waals surface area contributed by atoms with Crippen molar-refractivity contribution in [3.05, 3.63) is 65.7 Å². The summed E-state index contributed by atoms with van der Waals surface area (Å²) in [7, 11) is 0. The van der Waals surface area contributed by atoms with Gasteiger partial charge in [0.2, 0.25) is 0 Å². The lowest BCUT2D eigenvalue weighted by molar-refractivity contribution is -0.0391. The molecule has 2 aromatic heterocycles. The number of carbonyl (C=O) groups is 1. The van der Waals surface area contributed by atoms with Gasteiger partial charge in [-0.05, 0) is 37.5 Å². The summed E-state index contributed by atoms with van der Waals surface area (Å²) in [4.78, 5) is 17.7. The Labute approximate surface area is 166 Å². The molecule has 0 aliphatic carbocycles. The fraction of sp³-hybridized carbons (Fsp3) is 0.227. The molecule has 1 fully saturated rings. The van der Waals surface area contributed by atoms with Crippen LogP contribution in [0.2, 0.25) is 0 Å². The van der Waals surface area contributed by atoms with E-state index in [-0.39, 0.29) is 17.5 Å². The highest BCUT2D eigenvalue weighted by molar-refractivity contribution is 6.20. The number of halogens is 1. The van der Waals surface area contributed by atoms with Gasteiger partial charge in [-0.2, -0.15) is 5.10 Å². The van der Waals surface area contributed by atoms with E-state index in [0.29, 0.717) is 39.7 Å². The largest absolute Gasteiger partial charge is 0.398 e. The Bertz CT molecular complexity index is 1240. The van der Waals surface area contributed by atoms with Crippen molar-refractivity contribution in [2.75, 3.05) is 12.3 Å². The topological polar surface area (TPSA) is 83.0 Å². The Balaban J connectivity index is 1.63. The van der Waals surface area contributed by atoms with Crippen LogP contribution in [-0.2, 0) is 4.74 Å². The van der Waals surface area contributed by atoms with E-state index >= 15 is 0 Å². The Morgan fingerprint density at radius 1 is 1.14 bits per heavy atom. The fourth-order valence-electron chi connectivity index (χ4n) is 3.86. The molecule has 0 spiro atoms. The quantitative estimate of drug-likeness (QED) is 0.529. The molecule has 0 bridgehead atoms. The molecule has 3 heterocycles. The van der Waals surface area contributed by atoms with Gasteiger partial charge in [-0.3, -0.25) is 9.78 Å². The molecule has 146 valence electrons. The summed E-state index contributed by atoms with van der Waals surface area (Å²) in [5, 5.41) is 5.52. The number of nitrogens with zero attached hydrogens (tertiary/aromatic N) is 3. The van der Waals surface area contributed by atoms with Crippen molar-refractivity contribution in [3.63, 3.8) is 0 Å². The molecule has 7 heteroatoms. The van der Waals surface area contributed by atoms with Crippen molar-refractivity contribution in [1.29, 1.82) is 0 Å². The second-order valence-corrected chi connectivity index (χ2v) is 7.22. The number of ether oxygens (including phenoxy) is 1. The van der Waals surface area contributed by atoms with E-state index in [1.807, 2.05) is 24.3 Å². The number of benzene rings is 2. The number of carbonyl (C=O) groups excluding carboxylic acids is 1. The van der Waals surface area contributed by atoms with Gasteiger partial charge in [0.05, 0.1) is 16.8 Å². The summed E-state index contributed by atoms with van der Waals surface area (Å²) in [6.07, 6.45) is 5.75. The summed E-state index contributed by atoms with van der Waals surface area (Å²) in [6, 6.07) is 10.1. The predicted molar refractivity (Wildman–Crippen MR) is 108 cm³/mol. The van der Waals surface area contributed by atoms with Gasteiger partial charge < -0.3 is 10.5 Å². The fourth-order valence-corrected chi connectivity index (χ4v) is 3.86. The number of rotatable bonds is 3. The van der Waals surface area contributed by atoms with Crippen molar-refractivity contribution >= 4 is 33.3 Å². The Morgan fingerprint density at radius 3 is 2.83 bits per heavy atom. The van der Waals surface area contributed by atoms with Crippen LogP contribution >= 0.6 is 0 Å². The van der Waals surface area contributed by atoms with Crippen LogP contribution in [0.5, 0.6) is 0 Å². The van der Waals surface area contributed by atoms with Crippen LogP contribution in [0.25, 0.3) is 21.8 Å². The Kier molecular flexibility index (Phi) is 4.24. The Morgan fingerprint density at radius 2 is 2.00 bits per heavy atom. The van der Waals surface area contributed by atoms with Gasteiger partial charge in [0.15, 0.2) is 11.6 Å². The van der Waals surface area contributed by atoms with E-state index in [1.165, 1.54) is 18.3 Å². The third kappa shape index (κ3) is 2.94. The van der Waals surface area contributed by atoms with Crippen LogP contribution in [0.1, 0.15) is 41.4 Å². The summed E-state index contributed by atoms with van der Waals surface area (Å²) >= 11 is 0. The summed E-state index contributed by atoms with van der Waals surface area (Å²) in [5.41, 5.74) is 8.14. The second kappa shape index (κ2) is 6.93. The zero-order valence-corrected chi connectivity index (χ0v) is 15.6. The summed E-state index contributed by atoms with van der Waals surface area (Å²) in [5.74, 6) is -0.786. The maximum atomic E-state index is 14.4. The highest BCUT2D eigenvalue weighted by Gasteiger charge is 2.23. The average molecular weight is 390 g/mol. The number of para-hydroxylation sites is 1. The first kappa shape index (κ1) is 17.8. The number of nitrogen functional groups attached to an aromatic ring is 1. The van der Waals surface area contributed by atoms with Gasteiger partial charge in [-0.25, -0.2) is 9.07 Å². The lowest BCUT2D eigenvalue weighted by Crippen LogP contribution is -2.18. The third-order valence-corrected chi connectivity index (χ3v) is 5.40. The van der Waals surface area contributed by atoms with Gasteiger partial charge in [-0.1, -0.05) is 18.2 Å². The number of pyridine rings is 1. The molecule has 29 heavy (non-hydrogen) atoms. The van der Waals surface area contributed by atoms with Crippen molar-refractivity contribution in [3.8, 4) is 0 Å². The average Bonchev–Trinajstić information content (AvgIpc) is 3.21. The molecular formula is C22H19FN4O2. The highest BCUT2D eigenvalue weighted by Crippen LogP contribution is 2.30. The Hall–Kier alpha value is -3.32. The van der Waals surface area contributed by atoms with E-state index in [2.05, 4.69) is 10.1 Å². The normalized spacial score (nSPS) is 17.1. The molecule has 0 radical (unpaired) electrons. The summed E-state index contributed by atoms with van der Waals surface area (Å²) in [6.45, 7) is 0.647. The van der Waals surface area contributed by atoms with Gasteiger partial charge in [0.1, 0.15) is 11.7 Å². The molecule has 1 aliphatic heterocycles. The number of nitrogens with two attached hydrogens (primary N) is 1. The maximum Gasteiger partial charge on any atom is 0.197 e. The number of ketones is 1. The van der Waals surface area contributed by atoms with E-state index in [9.17, 15) is 9.18 Å². The van der Waals surface area contributed by atoms with Crippen LogP contribution in [0, 0.1) is 5.82 Å². The maximum absolute atomic E-state index is 14.4. The molecule has 1 atom stereocenters. The smallest absolute Gasteiger partial charge is 0.197 e. The molecule has 1 unspecified atom stereocenters. The monoisotopic (exact) mass is 390 g/mol. The lowest BCUT2D eigenvalue weighted by atomic mass is 9.98. The minimum Gasteiger partial charge on any atom is -0.398 e. The first-order chi connectivity index (χ1) is 14.1. The minimum atomic E-state index is -0.476. The number of hydrogen-bond donors (Lipinski definition) is 1. The van der Waals surface area contributed by atoms with E-state index in [0.717, 1.165) is 19.3 Å². The van der Waals surface area contributed by atoms with Crippen molar-refractivity contribution < 1.29 is 13.9 Å². The number of fused-ring (bicyclic) bond motifs is 2. The van der Waals surface area contributed by atoms with Crippen LogP contribution in [0.15, 0.2) is 48.8 Å². The first-order valence-corrected chi connectivity index (χ1v) is 9.60. The SMILES string of the molecule is Nc1c(C(=O)c2ccc(F)c3nn(C4CCCCO4)cc23)cnc2ccccc12. The van der Waals surface area contributed by atoms with Gasteiger partial charge >= 0.3 is 0 Å². The molecule has 5 rings (SSSR count). The minimum absolute atomic E-state index is 0.150. The number of hydrogen-bond acceptors (Lipinski definition) is 5. The number of anilines is 1. The molecule has 0 amide bonds. The lowest BCUT2D eigenvalue weighted by Gasteiger charge is -2.22. The predicted octanol–water partition coefficient (Wildman–Crippen LogP) is 4.24. The van der Waals surface area contributed by atoms with Crippen LogP contribution < -0.4 is 5.73 Å². The van der Waals surface area contributed by atoms with Gasteiger partial charge in [-0.15, -0.1) is 0 Å². The molecule has 2 aromatic carbocycles. The van der Waals surface area contributed by atoms with Crippen LogP contribution in [0.3, 0.4) is 0 Å². The molecule has 2 N–H and O–H groups in total. The van der Waals surface area contributed by atoms with Crippen LogP contribution in [0.4, 0.5) is 10.1 Å². The van der Waals surface area contributed by atoms with E-state index in [4.69, 9.17) is 10.5 Å².